The molecular weight excluding hydrogens is 278 g/mol. The predicted molar refractivity (Wildman–Crippen MR) is 74.5 cm³/mol. The molecule has 0 fully saturated rings. The summed E-state index contributed by atoms with van der Waals surface area (Å²) in [4.78, 5) is 15.0. The molecule has 0 amide bonds. The lowest BCUT2D eigenvalue weighted by atomic mass is 10.1. The van der Waals surface area contributed by atoms with Gasteiger partial charge in [-0.25, -0.2) is 18.2 Å². The van der Waals surface area contributed by atoms with E-state index in [2.05, 4.69) is 4.98 Å². The zero-order valence-electron chi connectivity index (χ0n) is 11.0. The molecule has 0 bridgehead atoms. The van der Waals surface area contributed by atoms with Crippen LogP contribution < -0.4 is 0 Å². The molecular formula is C14H13NO4S. The minimum absolute atomic E-state index is 0.0153. The number of nitrogens with zero attached hydrogens (tertiary/aromatic N) is 1. The highest BCUT2D eigenvalue weighted by Crippen LogP contribution is 2.22. The first-order valence-electron chi connectivity index (χ1n) is 5.79. The van der Waals surface area contributed by atoms with Crippen molar-refractivity contribution < 1.29 is 18.3 Å². The van der Waals surface area contributed by atoms with Crippen LogP contribution in [0.25, 0.3) is 11.1 Å². The second kappa shape index (κ2) is 5.05. The van der Waals surface area contributed by atoms with Gasteiger partial charge in [0.25, 0.3) is 0 Å². The van der Waals surface area contributed by atoms with Gasteiger partial charge in [0.05, 0.1) is 4.90 Å². The summed E-state index contributed by atoms with van der Waals surface area (Å²) < 4.78 is 22.8. The summed E-state index contributed by atoms with van der Waals surface area (Å²) >= 11 is 0. The summed E-state index contributed by atoms with van der Waals surface area (Å²) in [5, 5.41) is 8.92. The van der Waals surface area contributed by atoms with Gasteiger partial charge in [-0.05, 0) is 36.2 Å². The molecule has 0 aliphatic carbocycles. The highest BCUT2D eigenvalue weighted by molar-refractivity contribution is 7.90. The average Bonchev–Trinajstić information content (AvgIpc) is 2.37. The van der Waals surface area contributed by atoms with Gasteiger partial charge in [0.1, 0.15) is 0 Å². The van der Waals surface area contributed by atoms with Gasteiger partial charge >= 0.3 is 5.97 Å². The highest BCUT2D eigenvalue weighted by atomic mass is 32.2. The van der Waals surface area contributed by atoms with Gasteiger partial charge in [0, 0.05) is 18.0 Å². The minimum atomic E-state index is -3.22. The zero-order valence-corrected chi connectivity index (χ0v) is 11.8. The Balaban J connectivity index is 2.42. The summed E-state index contributed by atoms with van der Waals surface area (Å²) in [7, 11) is -3.22. The second-order valence-electron chi connectivity index (χ2n) is 4.49. The quantitative estimate of drug-likeness (QED) is 0.936. The van der Waals surface area contributed by atoms with Crippen LogP contribution in [0.5, 0.6) is 0 Å². The third kappa shape index (κ3) is 2.85. The molecule has 0 saturated heterocycles. The lowest BCUT2D eigenvalue weighted by Crippen LogP contribution is -2.03. The van der Waals surface area contributed by atoms with Gasteiger partial charge in [-0.2, -0.15) is 0 Å². The van der Waals surface area contributed by atoms with Crippen LogP contribution in [0.3, 0.4) is 0 Å². The number of benzene rings is 1. The zero-order chi connectivity index (χ0) is 14.9. The van der Waals surface area contributed by atoms with E-state index < -0.39 is 15.8 Å². The molecule has 1 aromatic heterocycles. The maximum absolute atomic E-state index is 11.4. The molecule has 1 N–H and O–H groups in total. The Kier molecular flexibility index (Phi) is 3.59. The summed E-state index contributed by atoms with van der Waals surface area (Å²) in [5.41, 5.74) is 2.10. The van der Waals surface area contributed by atoms with Crippen LogP contribution in [0.2, 0.25) is 0 Å². The molecule has 0 saturated carbocycles. The number of aromatic nitrogens is 1. The van der Waals surface area contributed by atoms with Crippen LogP contribution in [0, 0.1) is 6.92 Å². The number of carboxylic acid groups (broad SMARTS) is 1. The molecule has 2 rings (SSSR count). The maximum Gasteiger partial charge on any atom is 0.354 e. The standard InChI is InChI=1S/C14H13NO4S/c1-9-7-11(8-15-13(9)14(16)17)10-3-5-12(6-4-10)20(2,18)19/h3-8H,1-2H3,(H,16,17). The van der Waals surface area contributed by atoms with E-state index in [0.717, 1.165) is 17.4 Å². The molecule has 6 heteroatoms. The Hall–Kier alpha value is -2.21. The van der Waals surface area contributed by atoms with Crippen LogP contribution in [0.1, 0.15) is 16.1 Å². The second-order valence-corrected chi connectivity index (χ2v) is 6.51. The van der Waals surface area contributed by atoms with E-state index in [1.165, 1.54) is 18.3 Å². The Bertz CT molecular complexity index is 764. The first-order chi connectivity index (χ1) is 9.29. The fourth-order valence-corrected chi connectivity index (χ4v) is 2.48. The van der Waals surface area contributed by atoms with Crippen molar-refractivity contribution in [3.63, 3.8) is 0 Å². The topological polar surface area (TPSA) is 84.3 Å². The van der Waals surface area contributed by atoms with E-state index >= 15 is 0 Å². The molecule has 1 heterocycles. The Morgan fingerprint density at radius 3 is 2.20 bits per heavy atom. The van der Waals surface area contributed by atoms with Crippen LogP contribution >= 0.6 is 0 Å². The first kappa shape index (κ1) is 14.2. The predicted octanol–water partition coefficient (Wildman–Crippen LogP) is 2.16. The van der Waals surface area contributed by atoms with Crippen LogP contribution in [0.15, 0.2) is 41.4 Å². The third-order valence-corrected chi connectivity index (χ3v) is 4.03. The van der Waals surface area contributed by atoms with Crippen molar-refractivity contribution in [1.82, 2.24) is 4.98 Å². The van der Waals surface area contributed by atoms with Gasteiger partial charge in [-0.1, -0.05) is 12.1 Å². The lowest BCUT2D eigenvalue weighted by molar-refractivity contribution is 0.0689. The maximum atomic E-state index is 11.4. The van der Waals surface area contributed by atoms with Crippen LogP contribution in [-0.2, 0) is 9.84 Å². The molecule has 0 spiro atoms. The number of carboxylic acids is 1. The number of sulfone groups is 1. The fourth-order valence-electron chi connectivity index (χ4n) is 1.85. The summed E-state index contributed by atoms with van der Waals surface area (Å²) in [6, 6.07) is 8.10. The number of aryl methyl sites for hydroxylation is 1. The molecule has 0 aliphatic rings. The number of pyridine rings is 1. The number of carbonyl (C=O) groups is 1. The molecule has 1 aromatic carbocycles. The van der Waals surface area contributed by atoms with Gasteiger partial charge in [-0.3, -0.25) is 0 Å². The van der Waals surface area contributed by atoms with Crippen molar-refractivity contribution in [1.29, 1.82) is 0 Å². The van der Waals surface area contributed by atoms with Gasteiger partial charge in [0.2, 0.25) is 0 Å². The summed E-state index contributed by atoms with van der Waals surface area (Å²) in [6.45, 7) is 1.67. The molecule has 104 valence electrons. The largest absolute Gasteiger partial charge is 0.477 e. The van der Waals surface area contributed by atoms with E-state index in [0.29, 0.717) is 5.56 Å². The lowest BCUT2D eigenvalue weighted by Gasteiger charge is -2.06. The van der Waals surface area contributed by atoms with Crippen molar-refractivity contribution >= 4 is 15.8 Å². The molecule has 0 radical (unpaired) electrons. The van der Waals surface area contributed by atoms with Crippen molar-refractivity contribution in [2.24, 2.45) is 0 Å². The van der Waals surface area contributed by atoms with Crippen LogP contribution in [-0.4, -0.2) is 30.7 Å². The monoisotopic (exact) mass is 291 g/mol. The van der Waals surface area contributed by atoms with E-state index in [1.807, 2.05) is 0 Å². The Labute approximate surface area is 116 Å². The third-order valence-electron chi connectivity index (χ3n) is 2.90. The van der Waals surface area contributed by atoms with Crippen LogP contribution in [0.4, 0.5) is 0 Å². The number of rotatable bonds is 3. The molecule has 0 unspecified atom stereocenters. The van der Waals surface area contributed by atoms with E-state index in [-0.39, 0.29) is 10.6 Å². The van der Waals surface area contributed by atoms with Gasteiger partial charge < -0.3 is 5.11 Å². The minimum Gasteiger partial charge on any atom is -0.477 e. The number of hydrogen-bond acceptors (Lipinski definition) is 4. The SMILES string of the molecule is Cc1cc(-c2ccc(S(C)(=O)=O)cc2)cnc1C(=O)O. The van der Waals surface area contributed by atoms with Crippen molar-refractivity contribution in [2.45, 2.75) is 11.8 Å². The van der Waals surface area contributed by atoms with E-state index in [9.17, 15) is 13.2 Å². The Morgan fingerprint density at radius 2 is 1.75 bits per heavy atom. The Morgan fingerprint density at radius 1 is 1.15 bits per heavy atom. The molecule has 2 aromatic rings. The fraction of sp³-hybridized carbons (Fsp3) is 0.143. The number of aromatic carboxylic acids is 1. The van der Waals surface area contributed by atoms with E-state index in [1.54, 1.807) is 25.1 Å². The van der Waals surface area contributed by atoms with Gasteiger partial charge in [0.15, 0.2) is 15.5 Å². The number of hydrogen-bond donors (Lipinski definition) is 1. The van der Waals surface area contributed by atoms with Crippen molar-refractivity contribution in [3.8, 4) is 11.1 Å². The summed E-state index contributed by atoms with van der Waals surface area (Å²) in [6.07, 6.45) is 2.61. The molecule has 0 atom stereocenters. The molecule has 20 heavy (non-hydrogen) atoms. The first-order valence-corrected chi connectivity index (χ1v) is 7.68. The average molecular weight is 291 g/mol. The van der Waals surface area contributed by atoms with Gasteiger partial charge in [-0.15, -0.1) is 0 Å². The smallest absolute Gasteiger partial charge is 0.354 e. The summed E-state index contributed by atoms with van der Waals surface area (Å²) in [5.74, 6) is -1.07. The van der Waals surface area contributed by atoms with Crippen molar-refractivity contribution in [2.75, 3.05) is 6.26 Å². The molecule has 0 aliphatic heterocycles. The normalized spacial score (nSPS) is 11.3. The van der Waals surface area contributed by atoms with Crippen molar-refractivity contribution in [3.05, 3.63) is 47.8 Å². The highest BCUT2D eigenvalue weighted by Gasteiger charge is 2.11. The molecule has 5 nitrogen and oxygen atoms in total. The van der Waals surface area contributed by atoms with E-state index in [4.69, 9.17) is 5.11 Å².